The Labute approximate surface area is 227 Å². The summed E-state index contributed by atoms with van der Waals surface area (Å²) in [7, 11) is 0. The van der Waals surface area contributed by atoms with Crippen LogP contribution in [0.5, 0.6) is 0 Å². The number of hydrogen-bond acceptors (Lipinski definition) is 10. The lowest BCUT2D eigenvalue weighted by molar-refractivity contribution is -0.116. The molecule has 0 radical (unpaired) electrons. The van der Waals surface area contributed by atoms with E-state index in [1.54, 1.807) is 12.1 Å². The molecule has 1 aliphatic carbocycles. The maximum Gasteiger partial charge on any atom is 0.230 e. The first-order chi connectivity index (χ1) is 18.4. The molecule has 2 heterocycles. The summed E-state index contributed by atoms with van der Waals surface area (Å²) in [5.41, 5.74) is 14.6. The summed E-state index contributed by atoms with van der Waals surface area (Å²) >= 11 is 2.82. The maximum absolute atomic E-state index is 12.5. The Kier molecular flexibility index (Phi) is 7.89. The van der Waals surface area contributed by atoms with Gasteiger partial charge in [0.25, 0.3) is 0 Å². The van der Waals surface area contributed by atoms with E-state index in [2.05, 4.69) is 31.0 Å². The van der Waals surface area contributed by atoms with Gasteiger partial charge in [-0.25, -0.2) is 0 Å². The zero-order valence-corrected chi connectivity index (χ0v) is 22.2. The van der Waals surface area contributed by atoms with Crippen molar-refractivity contribution >= 4 is 56.1 Å². The summed E-state index contributed by atoms with van der Waals surface area (Å²) in [6.45, 7) is 0. The normalized spacial score (nSPS) is 17.2. The lowest BCUT2D eigenvalue weighted by Gasteiger charge is -2.25. The van der Waals surface area contributed by atoms with Gasteiger partial charge in [0.1, 0.15) is 10.0 Å². The Bertz CT molecular complexity index is 1330. The number of nitrogens with one attached hydrogen (secondary N) is 2. The molecule has 2 atom stereocenters. The van der Waals surface area contributed by atoms with Crippen LogP contribution in [0.15, 0.2) is 48.5 Å². The Balaban J connectivity index is 1.16. The van der Waals surface area contributed by atoms with E-state index in [0.717, 1.165) is 46.8 Å². The molecule has 196 valence electrons. The Hall–Kier alpha value is -3.90. The van der Waals surface area contributed by atoms with Gasteiger partial charge >= 0.3 is 0 Å². The molecular weight excluding hydrogens is 520 g/mol. The lowest BCUT2D eigenvalue weighted by atomic mass is 9.82. The zero-order chi connectivity index (χ0) is 26.5. The smallest absolute Gasteiger partial charge is 0.230 e. The number of nitrogens with two attached hydrogens (primary N) is 2. The number of carbonyl (C=O) groups excluding carboxylic acids is 2. The Morgan fingerprint density at radius 2 is 1.18 bits per heavy atom. The molecule has 2 amide bonds. The third kappa shape index (κ3) is 6.32. The highest BCUT2D eigenvalue weighted by molar-refractivity contribution is 7.15. The summed E-state index contributed by atoms with van der Waals surface area (Å²) in [5.74, 6) is 0.102. The van der Waals surface area contributed by atoms with Crippen molar-refractivity contribution in [2.75, 3.05) is 22.1 Å². The molecule has 0 spiro atoms. The van der Waals surface area contributed by atoms with Crippen LogP contribution in [0.2, 0.25) is 0 Å². The van der Waals surface area contributed by atoms with Crippen molar-refractivity contribution in [3.8, 4) is 0 Å². The average molecular weight is 549 g/mol. The van der Waals surface area contributed by atoms with E-state index < -0.39 is 0 Å². The number of nitrogen functional groups attached to an aromatic ring is 2. The summed E-state index contributed by atoms with van der Waals surface area (Å²) in [6, 6.07) is 14.6. The van der Waals surface area contributed by atoms with Gasteiger partial charge in [0.15, 0.2) is 0 Å². The molecule has 5 rings (SSSR count). The molecular formula is C26H28N8O2S2. The van der Waals surface area contributed by atoms with Crippen LogP contribution in [0, 0.1) is 0 Å². The number of aromatic nitrogens is 4. The fourth-order valence-corrected chi connectivity index (χ4v) is 6.42. The molecule has 2 aromatic carbocycles. The number of rotatable bonds is 8. The molecule has 10 nitrogen and oxygen atoms in total. The van der Waals surface area contributed by atoms with Gasteiger partial charge in [0, 0.05) is 23.2 Å². The first kappa shape index (κ1) is 25.7. The number of benzene rings is 2. The predicted octanol–water partition coefficient (Wildman–Crippen LogP) is 4.36. The van der Waals surface area contributed by atoms with Crippen molar-refractivity contribution in [2.24, 2.45) is 0 Å². The predicted molar refractivity (Wildman–Crippen MR) is 150 cm³/mol. The average Bonchev–Trinajstić information content (AvgIpc) is 3.57. The molecule has 4 aromatic rings. The maximum atomic E-state index is 12.5. The van der Waals surface area contributed by atoms with Gasteiger partial charge in [-0.2, -0.15) is 0 Å². The molecule has 0 bridgehead atoms. The molecule has 1 aliphatic rings. The van der Waals surface area contributed by atoms with Crippen LogP contribution in [0.25, 0.3) is 0 Å². The van der Waals surface area contributed by atoms with Gasteiger partial charge in [-0.05, 0) is 42.5 Å². The molecule has 1 saturated carbocycles. The summed E-state index contributed by atoms with van der Waals surface area (Å²) in [6.07, 6.45) is 4.26. The fourth-order valence-electron chi connectivity index (χ4n) is 4.60. The summed E-state index contributed by atoms with van der Waals surface area (Å²) < 4.78 is 0. The molecule has 1 unspecified atom stereocenters. The van der Waals surface area contributed by atoms with Gasteiger partial charge in [-0.3, -0.25) is 9.59 Å². The first-order valence-electron chi connectivity index (χ1n) is 12.4. The molecule has 0 aliphatic heterocycles. The van der Waals surface area contributed by atoms with Crippen LogP contribution >= 0.6 is 22.7 Å². The number of nitrogens with zero attached hydrogens (tertiary/aromatic N) is 4. The minimum Gasteiger partial charge on any atom is -0.398 e. The minimum atomic E-state index is -0.175. The third-order valence-corrected chi connectivity index (χ3v) is 8.56. The van der Waals surface area contributed by atoms with Crippen LogP contribution in [0.3, 0.4) is 0 Å². The second-order valence-corrected chi connectivity index (χ2v) is 11.3. The molecule has 2 aromatic heterocycles. The van der Waals surface area contributed by atoms with E-state index in [0.29, 0.717) is 21.6 Å². The second-order valence-electron chi connectivity index (χ2n) is 9.30. The van der Waals surface area contributed by atoms with Crippen molar-refractivity contribution < 1.29 is 9.59 Å². The highest BCUT2D eigenvalue weighted by Gasteiger charge is 2.29. The highest BCUT2D eigenvalue weighted by atomic mass is 32.1. The summed E-state index contributed by atoms with van der Waals surface area (Å²) in [4.78, 5) is 25.0. The molecule has 12 heteroatoms. The lowest BCUT2D eigenvalue weighted by Crippen LogP contribution is -2.15. The van der Waals surface area contributed by atoms with Gasteiger partial charge in [0.2, 0.25) is 22.1 Å². The number of para-hydroxylation sites is 2. The van der Waals surface area contributed by atoms with E-state index in [1.165, 1.54) is 22.7 Å². The zero-order valence-electron chi connectivity index (χ0n) is 20.6. The third-order valence-electron chi connectivity index (χ3n) is 6.56. The summed E-state index contributed by atoms with van der Waals surface area (Å²) in [5, 5.41) is 25.6. The largest absolute Gasteiger partial charge is 0.398 e. The van der Waals surface area contributed by atoms with Crippen LogP contribution < -0.4 is 22.1 Å². The van der Waals surface area contributed by atoms with Crippen molar-refractivity contribution in [3.05, 3.63) is 69.7 Å². The van der Waals surface area contributed by atoms with Crippen LogP contribution in [-0.2, 0) is 22.4 Å². The number of carbonyl (C=O) groups is 2. The molecule has 38 heavy (non-hydrogen) atoms. The number of amides is 2. The van der Waals surface area contributed by atoms with E-state index in [-0.39, 0.29) is 36.5 Å². The van der Waals surface area contributed by atoms with E-state index in [4.69, 9.17) is 11.5 Å². The SMILES string of the molecule is Nc1ccccc1CC(=O)Nc1nnc(C2CCC[C@H](c3nnc(NC(=O)Cc4ccccc4N)s3)C2)s1. The highest BCUT2D eigenvalue weighted by Crippen LogP contribution is 2.43. The minimum absolute atomic E-state index is 0.175. The number of anilines is 4. The van der Waals surface area contributed by atoms with Crippen molar-refractivity contribution in [3.63, 3.8) is 0 Å². The van der Waals surface area contributed by atoms with Crippen LogP contribution in [0.1, 0.15) is 58.7 Å². The molecule has 0 saturated heterocycles. The fraction of sp³-hybridized carbons (Fsp3) is 0.308. The second kappa shape index (κ2) is 11.7. The monoisotopic (exact) mass is 548 g/mol. The Morgan fingerprint density at radius 1 is 0.737 bits per heavy atom. The van der Waals surface area contributed by atoms with Crippen molar-refractivity contribution in [2.45, 2.75) is 50.4 Å². The number of hydrogen-bond donors (Lipinski definition) is 4. The van der Waals surface area contributed by atoms with E-state index in [9.17, 15) is 9.59 Å². The van der Waals surface area contributed by atoms with Crippen LogP contribution in [0.4, 0.5) is 21.6 Å². The van der Waals surface area contributed by atoms with Crippen molar-refractivity contribution in [1.29, 1.82) is 0 Å². The quantitative estimate of drug-likeness (QED) is 0.236. The molecule has 6 N–H and O–H groups in total. The Morgan fingerprint density at radius 3 is 1.63 bits per heavy atom. The van der Waals surface area contributed by atoms with Gasteiger partial charge in [0.05, 0.1) is 12.8 Å². The topological polar surface area (TPSA) is 162 Å². The first-order valence-corrected chi connectivity index (χ1v) is 14.0. The van der Waals surface area contributed by atoms with Crippen molar-refractivity contribution in [1.82, 2.24) is 20.4 Å². The van der Waals surface area contributed by atoms with Gasteiger partial charge in [-0.1, -0.05) is 65.5 Å². The molecule has 1 fully saturated rings. The van der Waals surface area contributed by atoms with Crippen LogP contribution in [-0.4, -0.2) is 32.2 Å². The van der Waals surface area contributed by atoms with Gasteiger partial charge in [-0.15, -0.1) is 20.4 Å². The van der Waals surface area contributed by atoms with Gasteiger partial charge < -0.3 is 22.1 Å². The van der Waals surface area contributed by atoms with E-state index in [1.807, 2.05) is 36.4 Å². The standard InChI is InChI=1S/C26H28N8O2S2/c27-19-10-3-1-6-15(19)13-21(35)29-25-33-31-23(37-25)17-8-5-9-18(12-17)24-32-34-26(38-24)30-22(36)14-16-7-2-4-11-20(16)28/h1-4,6-7,10-11,17-18H,5,8-9,12-14,27-28H2,(H,29,33,35)(H,30,34,36)/t17-,18?/m0/s1. The van der Waals surface area contributed by atoms with E-state index >= 15 is 0 Å².